The molecule has 172 valence electrons. The first-order valence-corrected chi connectivity index (χ1v) is 9.21. The number of fused-ring (bicyclic) bond motifs is 1. The van der Waals surface area contributed by atoms with Gasteiger partial charge in [-0.25, -0.2) is 24.2 Å². The number of hydrogen-bond acceptors (Lipinski definition) is 8. The van der Waals surface area contributed by atoms with Crippen LogP contribution < -0.4 is 4.74 Å². The van der Waals surface area contributed by atoms with Crippen molar-refractivity contribution in [2.45, 2.75) is 18.9 Å². The molecule has 0 spiro atoms. The van der Waals surface area contributed by atoms with E-state index < -0.39 is 23.9 Å². The molecule has 1 aromatic heterocycles. The Balaban J connectivity index is 0.000000620. The Hall–Kier alpha value is -3.32. The molecule has 1 aliphatic heterocycles. The minimum Gasteiger partial charge on any atom is -0.473 e. The molecule has 1 atom stereocenters. The molecule has 0 aliphatic carbocycles. The maximum Gasteiger partial charge on any atom is 0.414 e. The number of aliphatic carboxylic acids is 4. The summed E-state index contributed by atoms with van der Waals surface area (Å²) in [5, 5.41) is 29.6. The maximum atomic E-state index is 9.10. The lowest BCUT2D eigenvalue weighted by atomic mass is 10.2. The van der Waals surface area contributed by atoms with Gasteiger partial charge in [0.05, 0.1) is 12.1 Å². The summed E-state index contributed by atoms with van der Waals surface area (Å²) in [7, 11) is 6.20. The van der Waals surface area contributed by atoms with Crippen molar-refractivity contribution in [3.8, 4) is 5.88 Å². The first-order chi connectivity index (χ1) is 14.4. The topological polar surface area (TPSA) is 178 Å². The van der Waals surface area contributed by atoms with Gasteiger partial charge in [-0.2, -0.15) is 0 Å². The predicted molar refractivity (Wildman–Crippen MR) is 111 cm³/mol. The van der Waals surface area contributed by atoms with E-state index in [9.17, 15) is 0 Å². The van der Waals surface area contributed by atoms with E-state index in [4.69, 9.17) is 56.6 Å². The van der Waals surface area contributed by atoms with Gasteiger partial charge in [0.1, 0.15) is 11.1 Å². The van der Waals surface area contributed by atoms with Gasteiger partial charge in [-0.1, -0.05) is 12.2 Å². The van der Waals surface area contributed by atoms with Crippen LogP contribution in [0, 0.1) is 0 Å². The molecule has 1 aromatic rings. The molecule has 0 radical (unpaired) electrons. The number of likely N-dealkylation sites (N-methyl/N-ethyl adjacent to an activating group) is 1. The Bertz CT molecular complexity index is 753. The normalized spacial score (nSPS) is 14.5. The van der Waals surface area contributed by atoms with E-state index >= 15 is 0 Å². The number of pyridine rings is 1. The highest BCUT2D eigenvalue weighted by Gasteiger charge is 2.24. The van der Waals surface area contributed by atoms with Crippen LogP contribution in [0.5, 0.6) is 5.88 Å². The average molecular weight is 459 g/mol. The first-order valence-electron chi connectivity index (χ1n) is 8.81. The number of aromatic nitrogens is 1. The smallest absolute Gasteiger partial charge is 0.414 e. The second-order valence-corrected chi connectivity index (χ2v) is 6.83. The van der Waals surface area contributed by atoms with E-state index in [0.29, 0.717) is 5.88 Å². The molecule has 12 nitrogen and oxygen atoms in total. The molecule has 1 aliphatic rings. The summed E-state index contributed by atoms with van der Waals surface area (Å²) in [5.74, 6) is -6.62. The van der Waals surface area contributed by atoms with Crippen LogP contribution in [0.2, 0.25) is 0 Å². The Kier molecular flexibility index (Phi) is 12.3. The van der Waals surface area contributed by atoms with E-state index in [1.807, 2.05) is 19.2 Å². The van der Waals surface area contributed by atoms with Crippen molar-refractivity contribution >= 4 is 41.1 Å². The Morgan fingerprint density at radius 3 is 2.10 bits per heavy atom. The highest BCUT2D eigenvalue weighted by molar-refractivity contribution is 7.80. The third-order valence-corrected chi connectivity index (χ3v) is 4.13. The lowest BCUT2D eigenvalue weighted by molar-refractivity contribution is -0.159. The zero-order valence-electron chi connectivity index (χ0n) is 17.2. The van der Waals surface area contributed by atoms with Crippen molar-refractivity contribution in [2.75, 3.05) is 34.2 Å². The monoisotopic (exact) mass is 459 g/mol. The van der Waals surface area contributed by atoms with Gasteiger partial charge in [-0.05, 0) is 45.6 Å². The molecule has 31 heavy (non-hydrogen) atoms. The fourth-order valence-corrected chi connectivity index (χ4v) is 2.45. The second kappa shape index (κ2) is 13.8. The van der Waals surface area contributed by atoms with Gasteiger partial charge in [-0.3, -0.25) is 0 Å². The van der Waals surface area contributed by atoms with E-state index in [-0.39, 0.29) is 6.10 Å². The van der Waals surface area contributed by atoms with Crippen LogP contribution >= 0.6 is 12.2 Å². The van der Waals surface area contributed by atoms with E-state index in [1.54, 1.807) is 6.20 Å². The van der Waals surface area contributed by atoms with Gasteiger partial charge in [0, 0.05) is 13.2 Å². The highest BCUT2D eigenvalue weighted by Crippen LogP contribution is 2.23. The molecular formula is C18H25N3O9S. The van der Waals surface area contributed by atoms with Gasteiger partial charge in [-0.15, -0.1) is 0 Å². The number of hydrogen-bond donors (Lipinski definition) is 4. The zero-order valence-corrected chi connectivity index (χ0v) is 18.0. The fourth-order valence-electron chi connectivity index (χ4n) is 2.22. The van der Waals surface area contributed by atoms with Crippen LogP contribution in [-0.2, 0) is 19.2 Å². The predicted octanol–water partition coefficient (Wildman–Crippen LogP) is 0.103. The third kappa shape index (κ3) is 11.4. The minimum atomic E-state index is -1.82. The largest absolute Gasteiger partial charge is 0.473 e. The second-order valence-electron chi connectivity index (χ2n) is 6.45. The molecule has 4 N–H and O–H groups in total. The minimum absolute atomic E-state index is 0.152. The summed E-state index contributed by atoms with van der Waals surface area (Å²) in [6.45, 7) is 1.89. The summed E-state index contributed by atoms with van der Waals surface area (Å²) in [4.78, 5) is 45.8. The molecule has 0 amide bonds. The van der Waals surface area contributed by atoms with Gasteiger partial charge >= 0.3 is 23.9 Å². The molecule has 13 heteroatoms. The molecule has 1 unspecified atom stereocenters. The molecule has 0 aromatic carbocycles. The lowest BCUT2D eigenvalue weighted by Gasteiger charge is -2.22. The Labute approximate surface area is 183 Å². The molecule has 0 bridgehead atoms. The van der Waals surface area contributed by atoms with E-state index in [1.165, 1.54) is 0 Å². The van der Waals surface area contributed by atoms with Crippen molar-refractivity contribution in [1.82, 2.24) is 14.8 Å². The number of carboxylic acids is 4. The number of thiocarbonyl (C=S) groups is 1. The van der Waals surface area contributed by atoms with Gasteiger partial charge in [0.25, 0.3) is 0 Å². The first kappa shape index (κ1) is 27.7. The number of nitrogens with zero attached hydrogens (tertiary/aromatic N) is 3. The number of carbonyl (C=O) groups is 4. The van der Waals surface area contributed by atoms with Crippen molar-refractivity contribution < 1.29 is 44.3 Å². The molecular weight excluding hydrogens is 434 g/mol. The fraction of sp³-hybridized carbons (Fsp3) is 0.444. The summed E-state index contributed by atoms with van der Waals surface area (Å²) in [6.07, 6.45) is 4.03. The molecule has 0 fully saturated rings. The third-order valence-electron chi connectivity index (χ3n) is 3.60. The lowest BCUT2D eigenvalue weighted by Crippen LogP contribution is -2.33. The maximum absolute atomic E-state index is 9.10. The summed E-state index contributed by atoms with van der Waals surface area (Å²) in [5.41, 5.74) is 0.926. The summed E-state index contributed by atoms with van der Waals surface area (Å²) >= 11 is 5.47. The Morgan fingerprint density at radius 2 is 1.65 bits per heavy atom. The SMILES string of the molecule is CN(C)CCCC1CN(C)C(=S)c2cccnc2O1.O=C(O)C(=O)O.O=C(O)C(=O)O. The molecule has 2 heterocycles. The van der Waals surface area contributed by atoms with Gasteiger partial charge < -0.3 is 35.0 Å². The van der Waals surface area contributed by atoms with Crippen LogP contribution in [-0.4, -0.2) is 104 Å². The van der Waals surface area contributed by atoms with Crippen molar-refractivity contribution in [3.63, 3.8) is 0 Å². The standard InChI is InChI=1S/C14H21N3OS.2C2H2O4/c1-16(2)9-5-6-11-10-17(3)14(19)12-7-4-8-15-13(12)18-11;2*3-1(4)2(5)6/h4,7-8,11H,5-6,9-10H2,1-3H3;2*(H,3,4)(H,5,6). The van der Waals surface area contributed by atoms with Crippen LogP contribution in [0.3, 0.4) is 0 Å². The van der Waals surface area contributed by atoms with Gasteiger partial charge in [0.15, 0.2) is 0 Å². The average Bonchev–Trinajstić information content (AvgIpc) is 2.79. The van der Waals surface area contributed by atoms with Crippen LogP contribution in [0.15, 0.2) is 18.3 Å². The molecule has 0 saturated heterocycles. The number of carboxylic acid groups (broad SMARTS) is 4. The van der Waals surface area contributed by atoms with Gasteiger partial charge in [0.2, 0.25) is 5.88 Å². The molecule has 2 rings (SSSR count). The van der Waals surface area contributed by atoms with Crippen molar-refractivity contribution in [1.29, 1.82) is 0 Å². The zero-order chi connectivity index (χ0) is 24.1. The highest BCUT2D eigenvalue weighted by atomic mass is 32.1. The summed E-state index contributed by atoms with van der Waals surface area (Å²) < 4.78 is 6.02. The van der Waals surface area contributed by atoms with Crippen LogP contribution in [0.25, 0.3) is 0 Å². The quantitative estimate of drug-likeness (QED) is 0.352. The molecule has 0 saturated carbocycles. The summed E-state index contributed by atoms with van der Waals surface area (Å²) in [6, 6.07) is 3.87. The number of ether oxygens (including phenoxy) is 1. The van der Waals surface area contributed by atoms with Crippen molar-refractivity contribution in [3.05, 3.63) is 23.9 Å². The van der Waals surface area contributed by atoms with Crippen molar-refractivity contribution in [2.24, 2.45) is 0 Å². The number of rotatable bonds is 4. The Morgan fingerprint density at radius 1 is 1.13 bits per heavy atom. The van der Waals surface area contributed by atoms with Crippen LogP contribution in [0.1, 0.15) is 18.4 Å². The van der Waals surface area contributed by atoms with Crippen LogP contribution in [0.4, 0.5) is 0 Å². The van der Waals surface area contributed by atoms with E-state index in [0.717, 1.165) is 36.5 Å². The van der Waals surface area contributed by atoms with E-state index in [2.05, 4.69) is 28.9 Å².